The summed E-state index contributed by atoms with van der Waals surface area (Å²) in [5.41, 5.74) is 5.08. The van der Waals surface area contributed by atoms with Gasteiger partial charge in [0.05, 0.1) is 11.5 Å². The largest absolute Gasteiger partial charge is 0.494 e. The molecule has 122 valence electrons. The molecule has 0 aromatic heterocycles. The van der Waals surface area contributed by atoms with Crippen LogP contribution in [0.5, 0.6) is 5.75 Å². The summed E-state index contributed by atoms with van der Waals surface area (Å²) < 4.78 is 32.0. The maximum atomic E-state index is 12.6. The summed E-state index contributed by atoms with van der Waals surface area (Å²) in [7, 11) is -3.55. The number of nitrogens with zero attached hydrogens (tertiary/aromatic N) is 1. The second kappa shape index (κ2) is 6.97. The van der Waals surface area contributed by atoms with Crippen LogP contribution in [-0.4, -0.2) is 44.5 Å². The van der Waals surface area contributed by atoms with Crippen LogP contribution < -0.4 is 15.8 Å². The number of hydrogen-bond donors (Lipinski definition) is 2. The lowest BCUT2D eigenvalue weighted by Crippen LogP contribution is -2.47. The number of rotatable bonds is 5. The number of primary amides is 1. The van der Waals surface area contributed by atoms with E-state index in [1.165, 1.54) is 10.4 Å². The zero-order chi connectivity index (χ0) is 16.2. The van der Waals surface area contributed by atoms with Crippen molar-refractivity contribution in [3.8, 4) is 5.75 Å². The van der Waals surface area contributed by atoms with Gasteiger partial charge in [-0.2, -0.15) is 4.31 Å². The molecule has 2 amide bonds. The average Bonchev–Trinajstić information content (AvgIpc) is 2.48. The zero-order valence-corrected chi connectivity index (χ0v) is 13.3. The zero-order valence-electron chi connectivity index (χ0n) is 12.5. The van der Waals surface area contributed by atoms with Gasteiger partial charge in [-0.25, -0.2) is 13.2 Å². The second-order valence-electron chi connectivity index (χ2n) is 5.09. The lowest BCUT2D eigenvalue weighted by Gasteiger charge is -2.31. The third-order valence-corrected chi connectivity index (χ3v) is 5.45. The van der Waals surface area contributed by atoms with Crippen LogP contribution in [0.4, 0.5) is 4.79 Å². The van der Waals surface area contributed by atoms with Gasteiger partial charge in [-0.3, -0.25) is 0 Å². The first-order valence-corrected chi connectivity index (χ1v) is 8.66. The minimum absolute atomic E-state index is 0.0706. The molecule has 1 saturated heterocycles. The molecule has 0 aliphatic carbocycles. The molecule has 1 heterocycles. The van der Waals surface area contributed by atoms with E-state index in [4.69, 9.17) is 10.5 Å². The molecule has 1 aromatic rings. The molecule has 0 bridgehead atoms. The SMILES string of the molecule is CCOc1cccc(S(=O)(=O)N2CCC(NC(N)=O)CC2)c1. The Balaban J connectivity index is 2.08. The molecule has 1 aromatic carbocycles. The number of nitrogens with two attached hydrogens (primary N) is 1. The molecule has 7 nitrogen and oxygen atoms in total. The van der Waals surface area contributed by atoms with Gasteiger partial charge in [0.1, 0.15) is 5.75 Å². The van der Waals surface area contributed by atoms with Crippen LogP contribution in [0.25, 0.3) is 0 Å². The molecule has 1 aliphatic rings. The fraction of sp³-hybridized carbons (Fsp3) is 0.500. The maximum Gasteiger partial charge on any atom is 0.312 e. The Hall–Kier alpha value is -1.80. The van der Waals surface area contributed by atoms with Crippen molar-refractivity contribution in [2.24, 2.45) is 5.73 Å². The van der Waals surface area contributed by atoms with Crippen molar-refractivity contribution in [3.63, 3.8) is 0 Å². The number of urea groups is 1. The molecule has 2 rings (SSSR count). The van der Waals surface area contributed by atoms with E-state index >= 15 is 0 Å². The quantitative estimate of drug-likeness (QED) is 0.839. The predicted molar refractivity (Wildman–Crippen MR) is 82.1 cm³/mol. The van der Waals surface area contributed by atoms with Crippen LogP contribution in [0, 0.1) is 0 Å². The van der Waals surface area contributed by atoms with Crippen molar-refractivity contribution < 1.29 is 17.9 Å². The Bertz CT molecular complexity index is 625. The summed E-state index contributed by atoms with van der Waals surface area (Å²) >= 11 is 0. The van der Waals surface area contributed by atoms with Crippen molar-refractivity contribution in [2.75, 3.05) is 19.7 Å². The maximum absolute atomic E-state index is 12.6. The Morgan fingerprint density at radius 1 is 1.41 bits per heavy atom. The Labute approximate surface area is 130 Å². The van der Waals surface area contributed by atoms with Crippen molar-refractivity contribution >= 4 is 16.1 Å². The Kier molecular flexibility index (Phi) is 5.25. The number of nitrogens with one attached hydrogen (secondary N) is 1. The molecule has 22 heavy (non-hydrogen) atoms. The standard InChI is InChI=1S/C14H21N3O4S/c1-2-21-12-4-3-5-13(10-12)22(19,20)17-8-6-11(7-9-17)16-14(15)18/h3-5,10-11H,2,6-9H2,1H3,(H3,15,16,18). The number of ether oxygens (including phenoxy) is 1. The van der Waals surface area contributed by atoms with E-state index in [0.717, 1.165) is 0 Å². The number of hydrogen-bond acceptors (Lipinski definition) is 4. The minimum atomic E-state index is -3.55. The van der Waals surface area contributed by atoms with Gasteiger partial charge in [0, 0.05) is 25.2 Å². The van der Waals surface area contributed by atoms with Crippen molar-refractivity contribution in [1.29, 1.82) is 0 Å². The lowest BCUT2D eigenvalue weighted by molar-refractivity contribution is 0.235. The lowest BCUT2D eigenvalue weighted by atomic mass is 10.1. The van der Waals surface area contributed by atoms with E-state index in [1.807, 2.05) is 6.92 Å². The summed E-state index contributed by atoms with van der Waals surface area (Å²) in [6.07, 6.45) is 1.10. The summed E-state index contributed by atoms with van der Waals surface area (Å²) in [4.78, 5) is 11.1. The molecule has 1 fully saturated rings. The van der Waals surface area contributed by atoms with Gasteiger partial charge < -0.3 is 15.8 Å². The van der Waals surface area contributed by atoms with E-state index in [-0.39, 0.29) is 10.9 Å². The summed E-state index contributed by atoms with van der Waals surface area (Å²) in [5, 5.41) is 2.62. The molecule has 0 atom stereocenters. The fourth-order valence-electron chi connectivity index (χ4n) is 2.48. The molecule has 8 heteroatoms. The highest BCUT2D eigenvalue weighted by molar-refractivity contribution is 7.89. The van der Waals surface area contributed by atoms with Crippen molar-refractivity contribution in [3.05, 3.63) is 24.3 Å². The normalized spacial score (nSPS) is 17.1. The number of amides is 2. The van der Waals surface area contributed by atoms with E-state index in [2.05, 4.69) is 5.32 Å². The molecule has 0 radical (unpaired) electrons. The van der Waals surface area contributed by atoms with Crippen LogP contribution in [0.1, 0.15) is 19.8 Å². The first-order valence-electron chi connectivity index (χ1n) is 7.22. The van der Waals surface area contributed by atoms with Crippen molar-refractivity contribution in [1.82, 2.24) is 9.62 Å². The fourth-order valence-corrected chi connectivity index (χ4v) is 3.99. The van der Waals surface area contributed by atoms with Gasteiger partial charge in [-0.1, -0.05) is 6.07 Å². The molecule has 3 N–H and O–H groups in total. The Morgan fingerprint density at radius 3 is 2.68 bits per heavy atom. The van der Waals surface area contributed by atoms with Gasteiger partial charge in [-0.05, 0) is 31.9 Å². The highest BCUT2D eigenvalue weighted by atomic mass is 32.2. The third kappa shape index (κ3) is 3.89. The first-order chi connectivity index (χ1) is 10.4. The molecule has 0 spiro atoms. The van der Waals surface area contributed by atoms with E-state index in [1.54, 1.807) is 18.2 Å². The van der Waals surface area contributed by atoms with Gasteiger partial charge in [0.2, 0.25) is 10.0 Å². The predicted octanol–water partition coefficient (Wildman–Crippen LogP) is 0.907. The highest BCUT2D eigenvalue weighted by Gasteiger charge is 2.29. The van der Waals surface area contributed by atoms with E-state index in [9.17, 15) is 13.2 Å². The summed E-state index contributed by atoms with van der Waals surface area (Å²) in [5.74, 6) is 0.536. The molecular formula is C14H21N3O4S. The van der Waals surface area contributed by atoms with Gasteiger partial charge >= 0.3 is 6.03 Å². The topological polar surface area (TPSA) is 102 Å². The van der Waals surface area contributed by atoms with Crippen molar-refractivity contribution in [2.45, 2.75) is 30.7 Å². The smallest absolute Gasteiger partial charge is 0.312 e. The molecular weight excluding hydrogens is 306 g/mol. The Morgan fingerprint density at radius 2 is 2.09 bits per heavy atom. The van der Waals surface area contributed by atoms with Crippen LogP contribution in [0.15, 0.2) is 29.2 Å². The minimum Gasteiger partial charge on any atom is -0.494 e. The average molecular weight is 327 g/mol. The van der Waals surface area contributed by atoms with Gasteiger partial charge in [-0.15, -0.1) is 0 Å². The molecule has 0 unspecified atom stereocenters. The molecule has 1 aliphatic heterocycles. The van der Waals surface area contributed by atoms with Crippen LogP contribution >= 0.6 is 0 Å². The number of carbonyl (C=O) groups is 1. The number of benzene rings is 1. The summed E-state index contributed by atoms with van der Waals surface area (Å²) in [6, 6.07) is 5.84. The van der Waals surface area contributed by atoms with Crippen LogP contribution in [0.2, 0.25) is 0 Å². The van der Waals surface area contributed by atoms with Crippen LogP contribution in [0.3, 0.4) is 0 Å². The first kappa shape index (κ1) is 16.6. The van der Waals surface area contributed by atoms with E-state index in [0.29, 0.717) is 38.3 Å². The number of carbonyl (C=O) groups excluding carboxylic acids is 1. The van der Waals surface area contributed by atoms with Gasteiger partial charge in [0.25, 0.3) is 0 Å². The van der Waals surface area contributed by atoms with E-state index < -0.39 is 16.1 Å². The highest BCUT2D eigenvalue weighted by Crippen LogP contribution is 2.23. The van der Waals surface area contributed by atoms with Gasteiger partial charge in [0.15, 0.2) is 0 Å². The number of piperidine rings is 1. The third-order valence-electron chi connectivity index (χ3n) is 3.55. The van der Waals surface area contributed by atoms with Crippen LogP contribution in [-0.2, 0) is 10.0 Å². The number of sulfonamides is 1. The molecule has 0 saturated carbocycles. The monoisotopic (exact) mass is 327 g/mol. The summed E-state index contributed by atoms with van der Waals surface area (Å²) in [6.45, 7) is 3.03. The second-order valence-corrected chi connectivity index (χ2v) is 7.03.